The number of thiophene rings is 1. The van der Waals surface area contributed by atoms with Gasteiger partial charge in [-0.15, -0.1) is 11.3 Å². The summed E-state index contributed by atoms with van der Waals surface area (Å²) in [5.74, 6) is -0.507. The number of carbonyl (C=O) groups is 2. The summed E-state index contributed by atoms with van der Waals surface area (Å²) in [6.07, 6.45) is 0.622. The first kappa shape index (κ1) is 19.9. The second kappa shape index (κ2) is 7.43. The minimum atomic E-state index is -0.382. The number of quaternary nitrogens is 1. The van der Waals surface area contributed by atoms with Gasteiger partial charge in [0.25, 0.3) is 5.91 Å². The summed E-state index contributed by atoms with van der Waals surface area (Å²) in [6.45, 7) is 13.0. The van der Waals surface area contributed by atoms with E-state index in [1.165, 1.54) is 11.3 Å². The van der Waals surface area contributed by atoms with Crippen molar-refractivity contribution in [3.8, 4) is 0 Å². The highest BCUT2D eigenvalue weighted by Crippen LogP contribution is 2.40. The average molecular weight is 370 g/mol. The van der Waals surface area contributed by atoms with Gasteiger partial charge in [-0.05, 0) is 47.1 Å². The van der Waals surface area contributed by atoms with Gasteiger partial charge in [0.1, 0.15) is 5.00 Å². The molecule has 0 fully saturated rings. The molecule has 3 N–H and O–H groups in total. The Labute approximate surface area is 153 Å². The number of amides is 1. The Kier molecular flexibility index (Phi) is 5.91. The van der Waals surface area contributed by atoms with Crippen LogP contribution in [0.15, 0.2) is 0 Å². The lowest BCUT2D eigenvalue weighted by Crippen LogP contribution is -2.95. The first-order chi connectivity index (χ1) is 11.5. The van der Waals surface area contributed by atoms with E-state index in [-0.39, 0.29) is 23.0 Å². The van der Waals surface area contributed by atoms with Gasteiger partial charge < -0.3 is 20.1 Å². The Morgan fingerprint density at radius 1 is 1.36 bits per heavy atom. The van der Waals surface area contributed by atoms with Crippen LogP contribution < -0.4 is 10.6 Å². The molecule has 7 heteroatoms. The van der Waals surface area contributed by atoms with Crippen LogP contribution in [0, 0.1) is 0 Å². The van der Waals surface area contributed by atoms with Crippen LogP contribution in [-0.2, 0) is 27.3 Å². The van der Waals surface area contributed by atoms with Crippen molar-refractivity contribution in [3.63, 3.8) is 0 Å². The Morgan fingerprint density at radius 3 is 2.64 bits per heavy atom. The van der Waals surface area contributed by atoms with E-state index in [0.29, 0.717) is 36.7 Å². The maximum atomic E-state index is 12.5. The van der Waals surface area contributed by atoms with E-state index in [9.17, 15) is 9.59 Å². The van der Waals surface area contributed by atoms with Crippen LogP contribution in [0.1, 0.15) is 62.3 Å². The maximum absolute atomic E-state index is 12.5. The average Bonchev–Trinajstić information content (AvgIpc) is 2.80. The third-order valence-electron chi connectivity index (χ3n) is 3.92. The number of anilines is 1. The minimum Gasteiger partial charge on any atom is -0.462 e. The Balaban J connectivity index is 2.27. The van der Waals surface area contributed by atoms with E-state index in [2.05, 4.69) is 5.32 Å². The molecule has 2 rings (SSSR count). The molecule has 0 aliphatic carbocycles. The Hall–Kier alpha value is -1.44. The van der Waals surface area contributed by atoms with Crippen LogP contribution in [0.4, 0.5) is 5.00 Å². The molecule has 1 aromatic heterocycles. The number of hydrogen-bond donors (Lipinski definition) is 2. The van der Waals surface area contributed by atoms with Gasteiger partial charge in [0.2, 0.25) is 0 Å². The molecule has 0 atom stereocenters. The summed E-state index contributed by atoms with van der Waals surface area (Å²) in [5.41, 5.74) is 1.06. The molecule has 25 heavy (non-hydrogen) atoms. The van der Waals surface area contributed by atoms with Gasteiger partial charge in [-0.1, -0.05) is 0 Å². The third-order valence-corrected chi connectivity index (χ3v) is 5.04. The number of nitrogens with two attached hydrogens (primary N) is 1. The molecule has 2 heterocycles. The van der Waals surface area contributed by atoms with E-state index in [1.807, 2.05) is 39.9 Å². The van der Waals surface area contributed by atoms with Crippen molar-refractivity contribution in [2.45, 2.75) is 65.7 Å². The Bertz CT molecular complexity index is 659. The van der Waals surface area contributed by atoms with Crippen LogP contribution in [0.5, 0.6) is 0 Å². The Morgan fingerprint density at radius 2 is 2.04 bits per heavy atom. The van der Waals surface area contributed by atoms with Crippen molar-refractivity contribution >= 4 is 28.2 Å². The molecule has 0 bridgehead atoms. The van der Waals surface area contributed by atoms with E-state index >= 15 is 0 Å². The maximum Gasteiger partial charge on any atom is 0.341 e. The lowest BCUT2D eigenvalue weighted by Gasteiger charge is -2.30. The minimum absolute atomic E-state index is 0.0339. The summed E-state index contributed by atoms with van der Waals surface area (Å²) < 4.78 is 11.1. The highest BCUT2D eigenvalue weighted by Gasteiger charge is 2.34. The van der Waals surface area contributed by atoms with E-state index in [1.54, 1.807) is 6.92 Å². The van der Waals surface area contributed by atoms with E-state index in [0.717, 1.165) is 10.4 Å². The predicted octanol–water partition coefficient (Wildman–Crippen LogP) is 2.08. The second-order valence-corrected chi connectivity index (χ2v) is 9.08. The fourth-order valence-electron chi connectivity index (χ4n) is 2.64. The summed E-state index contributed by atoms with van der Waals surface area (Å²) >= 11 is 1.41. The lowest BCUT2D eigenvalue weighted by atomic mass is 9.93. The molecule has 0 radical (unpaired) electrons. The number of carbonyl (C=O) groups excluding carboxylic acids is 2. The van der Waals surface area contributed by atoms with Crippen LogP contribution >= 0.6 is 11.3 Å². The van der Waals surface area contributed by atoms with Crippen molar-refractivity contribution in [2.75, 3.05) is 18.5 Å². The van der Waals surface area contributed by atoms with Gasteiger partial charge in [0.05, 0.1) is 29.9 Å². The molecular weight excluding hydrogens is 340 g/mol. The number of ether oxygens (including phenoxy) is 2. The highest BCUT2D eigenvalue weighted by molar-refractivity contribution is 7.17. The van der Waals surface area contributed by atoms with Gasteiger partial charge in [-0.3, -0.25) is 4.79 Å². The van der Waals surface area contributed by atoms with Crippen molar-refractivity contribution < 1.29 is 24.4 Å². The molecule has 1 aliphatic rings. The molecule has 0 aromatic carbocycles. The van der Waals surface area contributed by atoms with Crippen LogP contribution in [0.3, 0.4) is 0 Å². The SMILES string of the molecule is CCOC(=O)c1c(NC(=O)C[NH2+]C(C)(C)C)sc2c1CC(C)(C)OC2. The highest BCUT2D eigenvalue weighted by atomic mass is 32.1. The van der Waals surface area contributed by atoms with Gasteiger partial charge in [0, 0.05) is 11.3 Å². The van der Waals surface area contributed by atoms with Crippen molar-refractivity contribution in [3.05, 3.63) is 16.0 Å². The predicted molar refractivity (Wildman–Crippen MR) is 98.0 cm³/mol. The largest absolute Gasteiger partial charge is 0.462 e. The second-order valence-electron chi connectivity index (χ2n) is 7.98. The molecule has 140 valence electrons. The number of rotatable bonds is 5. The fraction of sp³-hybridized carbons (Fsp3) is 0.667. The van der Waals surface area contributed by atoms with Gasteiger partial charge >= 0.3 is 5.97 Å². The van der Waals surface area contributed by atoms with Crippen molar-refractivity contribution in [2.24, 2.45) is 0 Å². The molecule has 0 unspecified atom stereocenters. The van der Waals surface area contributed by atoms with Crippen LogP contribution in [-0.4, -0.2) is 36.2 Å². The van der Waals surface area contributed by atoms with Crippen LogP contribution in [0.25, 0.3) is 0 Å². The zero-order chi connectivity index (χ0) is 18.8. The van der Waals surface area contributed by atoms with Gasteiger partial charge in [-0.2, -0.15) is 0 Å². The molecule has 0 saturated heterocycles. The summed E-state index contributed by atoms with van der Waals surface area (Å²) in [6, 6.07) is 0. The number of fused-ring (bicyclic) bond motifs is 1. The summed E-state index contributed by atoms with van der Waals surface area (Å²) in [4.78, 5) is 25.8. The molecule has 0 saturated carbocycles. The summed E-state index contributed by atoms with van der Waals surface area (Å²) in [5, 5.41) is 5.43. The number of hydrogen-bond acceptors (Lipinski definition) is 5. The quantitative estimate of drug-likeness (QED) is 0.779. The standard InChI is InChI=1S/C18H28N2O4S/c1-7-23-16(22)14-11-8-18(5,6)24-10-12(11)25-15(14)20-13(21)9-19-17(2,3)4/h19H,7-10H2,1-6H3,(H,20,21)/p+1. The van der Waals surface area contributed by atoms with Crippen molar-refractivity contribution in [1.29, 1.82) is 0 Å². The first-order valence-electron chi connectivity index (χ1n) is 8.62. The molecule has 0 spiro atoms. The molecule has 1 aromatic rings. The third kappa shape index (κ3) is 5.26. The van der Waals surface area contributed by atoms with E-state index in [4.69, 9.17) is 9.47 Å². The molecule has 1 aliphatic heterocycles. The lowest BCUT2D eigenvalue weighted by molar-refractivity contribution is -0.707. The van der Waals surface area contributed by atoms with Gasteiger partial charge in [-0.25, -0.2) is 4.79 Å². The summed E-state index contributed by atoms with van der Waals surface area (Å²) in [7, 11) is 0. The van der Waals surface area contributed by atoms with Gasteiger partial charge in [0.15, 0.2) is 6.54 Å². The smallest absolute Gasteiger partial charge is 0.341 e. The van der Waals surface area contributed by atoms with Crippen molar-refractivity contribution in [1.82, 2.24) is 0 Å². The number of nitrogens with one attached hydrogen (secondary N) is 1. The molecule has 1 amide bonds. The topological polar surface area (TPSA) is 81.2 Å². The zero-order valence-corrected chi connectivity index (χ0v) is 16.8. The fourth-order valence-corrected chi connectivity index (χ4v) is 3.77. The molecular formula is C18H29N2O4S+. The zero-order valence-electron chi connectivity index (χ0n) is 15.9. The first-order valence-corrected chi connectivity index (χ1v) is 9.44. The molecule has 6 nitrogen and oxygen atoms in total. The number of esters is 1. The normalized spacial score (nSPS) is 16.2. The van der Waals surface area contributed by atoms with E-state index < -0.39 is 0 Å². The monoisotopic (exact) mass is 369 g/mol. The van der Waals surface area contributed by atoms with Crippen LogP contribution in [0.2, 0.25) is 0 Å².